The van der Waals surface area contributed by atoms with Gasteiger partial charge in [-0.25, -0.2) is 0 Å². The van der Waals surface area contributed by atoms with E-state index in [9.17, 15) is 9.00 Å². The molecule has 0 spiro atoms. The van der Waals surface area contributed by atoms with Gasteiger partial charge < -0.3 is 16.8 Å². The molecule has 5 nitrogen and oxygen atoms in total. The van der Waals surface area contributed by atoms with E-state index in [2.05, 4.69) is 5.32 Å². The molecule has 0 aromatic heterocycles. The van der Waals surface area contributed by atoms with Crippen molar-refractivity contribution in [3.05, 3.63) is 22.7 Å². The molecule has 0 fully saturated rings. The summed E-state index contributed by atoms with van der Waals surface area (Å²) in [6.45, 7) is 0.559. The lowest BCUT2D eigenvalue weighted by Crippen LogP contribution is -2.16. The number of anilines is 2. The van der Waals surface area contributed by atoms with E-state index >= 15 is 0 Å². The lowest BCUT2D eigenvalue weighted by molar-refractivity contribution is 0.100. The lowest BCUT2D eigenvalue weighted by atomic mass is 10.1. The Morgan fingerprint density at radius 1 is 1.50 bits per heavy atom. The second-order valence-corrected chi connectivity index (χ2v) is 5.81. The van der Waals surface area contributed by atoms with Crippen molar-refractivity contribution in [2.45, 2.75) is 6.42 Å². The SMILES string of the molecule is CS(=O)CCCNc1c(Cl)cc(N)cc1C(N)=O. The number of hydrogen-bond acceptors (Lipinski definition) is 4. The molecular weight excluding hydrogens is 274 g/mol. The van der Waals surface area contributed by atoms with E-state index in [1.807, 2.05) is 0 Å². The highest BCUT2D eigenvalue weighted by Crippen LogP contribution is 2.28. The van der Waals surface area contributed by atoms with Crippen LogP contribution in [0.3, 0.4) is 0 Å². The molecule has 0 heterocycles. The molecule has 0 aliphatic heterocycles. The van der Waals surface area contributed by atoms with E-state index in [0.29, 0.717) is 35.1 Å². The molecule has 1 aromatic carbocycles. The number of rotatable bonds is 6. The number of nitrogens with two attached hydrogens (primary N) is 2. The first-order valence-corrected chi connectivity index (χ1v) is 7.45. The normalized spacial score (nSPS) is 12.1. The van der Waals surface area contributed by atoms with Gasteiger partial charge in [-0.05, 0) is 18.6 Å². The molecule has 1 rings (SSSR count). The summed E-state index contributed by atoms with van der Waals surface area (Å²) in [5.41, 5.74) is 12.0. The van der Waals surface area contributed by atoms with Gasteiger partial charge in [-0.1, -0.05) is 11.6 Å². The van der Waals surface area contributed by atoms with Crippen LogP contribution in [-0.4, -0.2) is 28.7 Å². The van der Waals surface area contributed by atoms with Crippen LogP contribution in [0, 0.1) is 0 Å². The molecule has 0 radical (unpaired) electrons. The Kier molecular flexibility index (Phi) is 5.43. The van der Waals surface area contributed by atoms with Crippen LogP contribution in [0.4, 0.5) is 11.4 Å². The van der Waals surface area contributed by atoms with Crippen molar-refractivity contribution >= 4 is 39.7 Å². The summed E-state index contributed by atoms with van der Waals surface area (Å²) in [6, 6.07) is 3.03. The third kappa shape index (κ3) is 4.19. The van der Waals surface area contributed by atoms with Crippen molar-refractivity contribution in [3.8, 4) is 0 Å². The third-order valence-electron chi connectivity index (χ3n) is 2.29. The molecule has 100 valence electrons. The average molecular weight is 290 g/mol. The standard InChI is InChI=1S/C11H16ClN3O2S/c1-18(17)4-2-3-15-10-8(11(14)16)5-7(13)6-9(10)12/h5-6,15H,2-4,13H2,1H3,(H2,14,16). The van der Waals surface area contributed by atoms with Crippen LogP contribution in [-0.2, 0) is 10.8 Å². The summed E-state index contributed by atoms with van der Waals surface area (Å²) in [5.74, 6) is -0.00310. The maximum Gasteiger partial charge on any atom is 0.250 e. The maximum absolute atomic E-state index is 11.3. The molecule has 18 heavy (non-hydrogen) atoms. The predicted molar refractivity (Wildman–Crippen MR) is 76.4 cm³/mol. The Morgan fingerprint density at radius 2 is 2.17 bits per heavy atom. The van der Waals surface area contributed by atoms with E-state index in [0.717, 1.165) is 0 Å². The zero-order chi connectivity index (χ0) is 13.7. The molecule has 0 bridgehead atoms. The Balaban J connectivity index is 2.80. The summed E-state index contributed by atoms with van der Waals surface area (Å²) < 4.78 is 10.9. The van der Waals surface area contributed by atoms with E-state index in [1.165, 1.54) is 6.07 Å². The van der Waals surface area contributed by atoms with Crippen LogP contribution < -0.4 is 16.8 Å². The van der Waals surface area contributed by atoms with Crippen LogP contribution >= 0.6 is 11.6 Å². The van der Waals surface area contributed by atoms with E-state index in [-0.39, 0.29) is 5.56 Å². The van der Waals surface area contributed by atoms with Crippen molar-refractivity contribution < 1.29 is 9.00 Å². The third-order valence-corrected chi connectivity index (χ3v) is 3.45. The molecule has 5 N–H and O–H groups in total. The number of halogens is 1. The van der Waals surface area contributed by atoms with Gasteiger partial charge in [0, 0.05) is 35.0 Å². The van der Waals surface area contributed by atoms with Crippen LogP contribution in [0.2, 0.25) is 5.02 Å². The van der Waals surface area contributed by atoms with Gasteiger partial charge in [-0.15, -0.1) is 0 Å². The number of carbonyl (C=O) groups is 1. The molecule has 0 aliphatic rings. The minimum Gasteiger partial charge on any atom is -0.399 e. The van der Waals surface area contributed by atoms with Gasteiger partial charge in [0.2, 0.25) is 0 Å². The van der Waals surface area contributed by atoms with Gasteiger partial charge in [0.1, 0.15) is 0 Å². The monoisotopic (exact) mass is 289 g/mol. The average Bonchev–Trinajstić information content (AvgIpc) is 2.25. The number of amides is 1. The van der Waals surface area contributed by atoms with Gasteiger partial charge >= 0.3 is 0 Å². The summed E-state index contributed by atoms with van der Waals surface area (Å²) in [6.07, 6.45) is 2.35. The molecule has 1 atom stereocenters. The van der Waals surface area contributed by atoms with E-state index < -0.39 is 16.7 Å². The Hall–Kier alpha value is -1.27. The summed E-state index contributed by atoms with van der Waals surface area (Å²) >= 11 is 6.01. The zero-order valence-electron chi connectivity index (χ0n) is 10.0. The fourth-order valence-electron chi connectivity index (χ4n) is 1.49. The van der Waals surface area contributed by atoms with Gasteiger partial charge in [-0.3, -0.25) is 9.00 Å². The Labute approximate surface area is 113 Å². The topological polar surface area (TPSA) is 98.2 Å². The highest BCUT2D eigenvalue weighted by Gasteiger charge is 2.12. The fraction of sp³-hybridized carbons (Fsp3) is 0.364. The van der Waals surface area contributed by atoms with E-state index in [1.54, 1.807) is 12.3 Å². The second kappa shape index (κ2) is 6.61. The van der Waals surface area contributed by atoms with Crippen molar-refractivity contribution in [1.29, 1.82) is 0 Å². The maximum atomic E-state index is 11.3. The zero-order valence-corrected chi connectivity index (χ0v) is 11.6. The molecular formula is C11H16ClN3O2S. The van der Waals surface area contributed by atoms with Gasteiger partial charge in [0.25, 0.3) is 5.91 Å². The number of primary amides is 1. The predicted octanol–water partition coefficient (Wildman–Crippen LogP) is 1.20. The lowest BCUT2D eigenvalue weighted by Gasteiger charge is -2.12. The minimum atomic E-state index is -0.831. The van der Waals surface area contributed by atoms with Crippen molar-refractivity contribution in [1.82, 2.24) is 0 Å². The van der Waals surface area contributed by atoms with Crippen molar-refractivity contribution in [3.63, 3.8) is 0 Å². The van der Waals surface area contributed by atoms with Crippen LogP contribution in [0.25, 0.3) is 0 Å². The molecule has 0 saturated heterocycles. The number of benzene rings is 1. The minimum absolute atomic E-state index is 0.262. The highest BCUT2D eigenvalue weighted by atomic mass is 35.5. The van der Waals surface area contributed by atoms with Crippen LogP contribution in [0.1, 0.15) is 16.8 Å². The first kappa shape index (κ1) is 14.8. The summed E-state index contributed by atoms with van der Waals surface area (Å²) in [4.78, 5) is 11.3. The number of nitrogen functional groups attached to an aromatic ring is 1. The Bertz CT molecular complexity index is 480. The van der Waals surface area contributed by atoms with Gasteiger partial charge in [0.05, 0.1) is 16.3 Å². The van der Waals surface area contributed by atoms with Crippen LogP contribution in [0.15, 0.2) is 12.1 Å². The molecule has 7 heteroatoms. The molecule has 0 saturated carbocycles. The summed E-state index contributed by atoms with van der Waals surface area (Å²) in [7, 11) is -0.831. The number of hydrogen-bond donors (Lipinski definition) is 3. The fourth-order valence-corrected chi connectivity index (χ4v) is 2.34. The van der Waals surface area contributed by atoms with Gasteiger partial charge in [0.15, 0.2) is 0 Å². The number of carbonyl (C=O) groups excluding carboxylic acids is 1. The Morgan fingerprint density at radius 3 is 2.72 bits per heavy atom. The largest absolute Gasteiger partial charge is 0.399 e. The highest BCUT2D eigenvalue weighted by molar-refractivity contribution is 7.84. The first-order valence-electron chi connectivity index (χ1n) is 5.34. The van der Waals surface area contributed by atoms with Crippen molar-refractivity contribution in [2.75, 3.05) is 29.6 Å². The number of nitrogens with one attached hydrogen (secondary N) is 1. The molecule has 1 unspecified atom stereocenters. The smallest absolute Gasteiger partial charge is 0.250 e. The summed E-state index contributed by atoms with van der Waals surface area (Å²) in [5, 5.41) is 3.37. The van der Waals surface area contributed by atoms with Crippen LogP contribution in [0.5, 0.6) is 0 Å². The molecule has 1 aromatic rings. The van der Waals surface area contributed by atoms with Gasteiger partial charge in [-0.2, -0.15) is 0 Å². The second-order valence-electron chi connectivity index (χ2n) is 3.85. The van der Waals surface area contributed by atoms with E-state index in [4.69, 9.17) is 23.1 Å². The quantitative estimate of drug-likeness (QED) is 0.541. The molecule has 1 amide bonds. The molecule has 0 aliphatic carbocycles. The van der Waals surface area contributed by atoms with Crippen molar-refractivity contribution in [2.24, 2.45) is 5.73 Å². The first-order chi connectivity index (χ1) is 8.41.